The first kappa shape index (κ1) is 24.5. The zero-order valence-electron chi connectivity index (χ0n) is 21.2. The van der Waals surface area contributed by atoms with E-state index >= 15 is 0 Å². The maximum absolute atomic E-state index is 13.6. The van der Waals surface area contributed by atoms with Gasteiger partial charge in [0.05, 0.1) is 11.4 Å². The molecule has 0 bridgehead atoms. The molecule has 5 aromatic rings. The molecule has 1 amide bonds. The summed E-state index contributed by atoms with van der Waals surface area (Å²) in [6.45, 7) is 4.15. The number of anilines is 2. The summed E-state index contributed by atoms with van der Waals surface area (Å²) >= 11 is 3.26. The lowest BCUT2D eigenvalue weighted by Gasteiger charge is -2.31. The number of aromatic nitrogens is 3. The number of aryl methyl sites for hydroxylation is 2. The van der Waals surface area contributed by atoms with E-state index in [1.54, 1.807) is 23.5 Å². The second kappa shape index (κ2) is 10.5. The lowest BCUT2D eigenvalue weighted by atomic mass is 10.1. The summed E-state index contributed by atoms with van der Waals surface area (Å²) in [6, 6.07) is 32.8. The van der Waals surface area contributed by atoms with Gasteiger partial charge in [-0.15, -0.1) is 10.2 Å². The Morgan fingerprint density at radius 1 is 0.789 bits per heavy atom. The standard InChI is InChI=1S/C31H26N4OS2/c1-21-14-16-24(17-15-21)34-30(23-9-7-8-22(2)20-23)32-33-31(34)37-19-18-29(36)35-25-10-3-5-12-27(25)38-28-13-6-4-11-26(28)35/h3-17,20H,18-19H2,1-2H3. The highest BCUT2D eigenvalue weighted by Gasteiger charge is 2.27. The number of fused-ring (bicyclic) bond motifs is 2. The number of hydrogen-bond acceptors (Lipinski definition) is 5. The number of nitrogens with zero attached hydrogens (tertiary/aromatic N) is 4. The lowest BCUT2D eigenvalue weighted by molar-refractivity contribution is -0.117. The molecule has 4 aromatic carbocycles. The molecule has 0 spiro atoms. The molecule has 2 heterocycles. The highest BCUT2D eigenvalue weighted by molar-refractivity contribution is 7.99. The van der Waals surface area contributed by atoms with Gasteiger partial charge in [0.15, 0.2) is 11.0 Å². The van der Waals surface area contributed by atoms with E-state index in [0.29, 0.717) is 12.2 Å². The summed E-state index contributed by atoms with van der Waals surface area (Å²) in [7, 11) is 0. The van der Waals surface area contributed by atoms with Gasteiger partial charge in [-0.2, -0.15) is 0 Å². The Hall–Kier alpha value is -3.81. The third-order valence-corrected chi connectivity index (χ3v) is 8.49. The van der Waals surface area contributed by atoms with Crippen molar-refractivity contribution >= 4 is 40.8 Å². The molecule has 0 unspecified atom stereocenters. The molecule has 0 radical (unpaired) electrons. The molecule has 0 fully saturated rings. The molecule has 1 aliphatic rings. The molecule has 1 aromatic heterocycles. The predicted octanol–water partition coefficient (Wildman–Crippen LogP) is 7.86. The van der Waals surface area contributed by atoms with Crippen molar-refractivity contribution in [1.29, 1.82) is 0 Å². The average Bonchev–Trinajstić information content (AvgIpc) is 3.36. The second-order valence-corrected chi connectivity index (χ2v) is 11.4. The van der Waals surface area contributed by atoms with Crippen LogP contribution in [0.25, 0.3) is 17.1 Å². The van der Waals surface area contributed by atoms with Crippen LogP contribution in [0.5, 0.6) is 0 Å². The molecule has 7 heteroatoms. The third kappa shape index (κ3) is 4.75. The quantitative estimate of drug-likeness (QED) is 0.208. The summed E-state index contributed by atoms with van der Waals surface area (Å²) in [6.07, 6.45) is 0.374. The number of carbonyl (C=O) groups is 1. The highest BCUT2D eigenvalue weighted by Crippen LogP contribution is 2.48. The van der Waals surface area contributed by atoms with Crippen molar-refractivity contribution in [2.45, 2.75) is 35.2 Å². The van der Waals surface area contributed by atoms with Gasteiger partial charge in [0.25, 0.3) is 0 Å². The van der Waals surface area contributed by atoms with Crippen LogP contribution in [-0.2, 0) is 4.79 Å². The second-order valence-electron chi connectivity index (χ2n) is 9.21. The maximum atomic E-state index is 13.6. The van der Waals surface area contributed by atoms with E-state index < -0.39 is 0 Å². The third-order valence-electron chi connectivity index (χ3n) is 6.43. The van der Waals surface area contributed by atoms with Crippen LogP contribution in [-0.4, -0.2) is 26.4 Å². The van der Waals surface area contributed by atoms with Gasteiger partial charge in [-0.1, -0.05) is 89.2 Å². The summed E-state index contributed by atoms with van der Waals surface area (Å²) in [4.78, 5) is 17.7. The largest absolute Gasteiger partial charge is 0.279 e. The van der Waals surface area contributed by atoms with Gasteiger partial charge in [0.2, 0.25) is 5.91 Å². The molecule has 1 aliphatic heterocycles. The molecule has 0 saturated carbocycles. The molecule has 0 atom stereocenters. The van der Waals surface area contributed by atoms with E-state index in [1.807, 2.05) is 47.4 Å². The topological polar surface area (TPSA) is 51.0 Å². The maximum Gasteiger partial charge on any atom is 0.232 e. The van der Waals surface area contributed by atoms with Crippen molar-refractivity contribution in [3.8, 4) is 17.1 Å². The lowest BCUT2D eigenvalue weighted by Crippen LogP contribution is -2.28. The molecule has 6 rings (SSSR count). The smallest absolute Gasteiger partial charge is 0.232 e. The summed E-state index contributed by atoms with van der Waals surface area (Å²) in [5, 5.41) is 9.89. The normalized spacial score (nSPS) is 12.2. The van der Waals surface area contributed by atoms with Gasteiger partial charge in [-0.3, -0.25) is 14.3 Å². The van der Waals surface area contributed by atoms with Crippen LogP contribution in [0.1, 0.15) is 17.5 Å². The minimum Gasteiger partial charge on any atom is -0.279 e. The van der Waals surface area contributed by atoms with Crippen LogP contribution in [0.4, 0.5) is 11.4 Å². The Labute approximate surface area is 230 Å². The van der Waals surface area contributed by atoms with E-state index in [9.17, 15) is 4.79 Å². The fourth-order valence-corrected chi connectivity index (χ4v) is 6.51. The van der Waals surface area contributed by atoms with Crippen LogP contribution in [0.15, 0.2) is 112 Å². The molecule has 0 aliphatic carbocycles. The van der Waals surface area contributed by atoms with Gasteiger partial charge in [0, 0.05) is 33.2 Å². The first-order chi connectivity index (χ1) is 18.6. The van der Waals surface area contributed by atoms with Crippen LogP contribution >= 0.6 is 23.5 Å². The molecule has 0 N–H and O–H groups in total. The summed E-state index contributed by atoms with van der Waals surface area (Å²) in [5.74, 6) is 1.45. The molecular weight excluding hydrogens is 509 g/mol. The fraction of sp³-hybridized carbons (Fsp3) is 0.129. The minimum atomic E-state index is 0.0676. The fourth-order valence-electron chi connectivity index (χ4n) is 4.58. The number of amides is 1. The Balaban J connectivity index is 1.27. The Morgan fingerprint density at radius 3 is 2.16 bits per heavy atom. The number of hydrogen-bond donors (Lipinski definition) is 0. The van der Waals surface area contributed by atoms with Crippen molar-refractivity contribution in [1.82, 2.24) is 14.8 Å². The van der Waals surface area contributed by atoms with Gasteiger partial charge in [-0.05, 0) is 56.3 Å². The monoisotopic (exact) mass is 534 g/mol. The number of para-hydroxylation sites is 2. The van der Waals surface area contributed by atoms with Crippen LogP contribution in [0.2, 0.25) is 0 Å². The molecule has 188 valence electrons. The number of rotatable bonds is 6. The van der Waals surface area contributed by atoms with E-state index in [-0.39, 0.29) is 5.91 Å². The van der Waals surface area contributed by atoms with Crippen LogP contribution in [0.3, 0.4) is 0 Å². The van der Waals surface area contributed by atoms with Gasteiger partial charge in [-0.25, -0.2) is 0 Å². The number of thioether (sulfide) groups is 1. The van der Waals surface area contributed by atoms with E-state index in [1.165, 1.54) is 11.1 Å². The minimum absolute atomic E-state index is 0.0676. The number of carbonyl (C=O) groups excluding carboxylic acids is 1. The van der Waals surface area contributed by atoms with E-state index in [4.69, 9.17) is 0 Å². The Morgan fingerprint density at radius 2 is 1.47 bits per heavy atom. The summed E-state index contributed by atoms with van der Waals surface area (Å²) in [5.41, 5.74) is 6.26. The van der Waals surface area contributed by atoms with E-state index in [0.717, 1.165) is 43.4 Å². The molecular formula is C31H26N4OS2. The van der Waals surface area contributed by atoms with Crippen molar-refractivity contribution in [2.24, 2.45) is 0 Å². The zero-order valence-corrected chi connectivity index (χ0v) is 22.8. The van der Waals surface area contributed by atoms with Gasteiger partial charge in [0.1, 0.15) is 0 Å². The zero-order chi connectivity index (χ0) is 26.1. The molecule has 5 nitrogen and oxygen atoms in total. The SMILES string of the molecule is Cc1ccc(-n2c(SCCC(=O)N3c4ccccc4Sc4ccccc43)nnc2-c2cccc(C)c2)cc1. The van der Waals surface area contributed by atoms with Crippen molar-refractivity contribution in [3.05, 3.63) is 108 Å². The summed E-state index contributed by atoms with van der Waals surface area (Å²) < 4.78 is 2.09. The number of benzene rings is 4. The molecule has 0 saturated heterocycles. The Bertz CT molecular complexity index is 1580. The van der Waals surface area contributed by atoms with Gasteiger partial charge >= 0.3 is 0 Å². The predicted molar refractivity (Wildman–Crippen MR) is 156 cm³/mol. The van der Waals surface area contributed by atoms with Crippen LogP contribution < -0.4 is 4.90 Å². The van der Waals surface area contributed by atoms with Gasteiger partial charge < -0.3 is 0 Å². The van der Waals surface area contributed by atoms with E-state index in [2.05, 4.69) is 83.2 Å². The van der Waals surface area contributed by atoms with Crippen molar-refractivity contribution in [3.63, 3.8) is 0 Å². The van der Waals surface area contributed by atoms with Crippen molar-refractivity contribution in [2.75, 3.05) is 10.7 Å². The highest BCUT2D eigenvalue weighted by atomic mass is 32.2. The average molecular weight is 535 g/mol. The first-order valence-electron chi connectivity index (χ1n) is 12.5. The van der Waals surface area contributed by atoms with Crippen LogP contribution in [0, 0.1) is 13.8 Å². The Kier molecular flexibility index (Phi) is 6.79. The first-order valence-corrected chi connectivity index (χ1v) is 14.3. The molecule has 38 heavy (non-hydrogen) atoms. The van der Waals surface area contributed by atoms with Crippen molar-refractivity contribution < 1.29 is 4.79 Å².